The van der Waals surface area contributed by atoms with E-state index in [0.717, 1.165) is 36.8 Å². The summed E-state index contributed by atoms with van der Waals surface area (Å²) in [5.41, 5.74) is 3.31. The number of imidazole rings is 1. The molecule has 0 fully saturated rings. The molecule has 0 bridgehead atoms. The number of aromatic nitrogens is 2. The molecule has 5 heteroatoms. The standard InChI is InChI=1S/C18H29N5/c1-6-19-18(21-15(5)13(2)3)20-10-9-16-12-23-11-7-8-14(4)17(23)22-16/h7-8,11-13,15H,6,9-10H2,1-5H3,(H2,19,20,21). The lowest BCUT2D eigenvalue weighted by Crippen LogP contribution is -2.44. The van der Waals surface area contributed by atoms with Gasteiger partial charge in [-0.3, -0.25) is 4.99 Å². The fourth-order valence-electron chi connectivity index (χ4n) is 2.31. The SMILES string of the molecule is CCNC(=NCCc1cn2cccc(C)c2n1)NC(C)C(C)C. The first-order chi connectivity index (χ1) is 11.0. The third kappa shape index (κ3) is 4.71. The molecule has 0 radical (unpaired) electrons. The number of pyridine rings is 1. The van der Waals surface area contributed by atoms with Crippen molar-refractivity contribution in [2.24, 2.45) is 10.9 Å². The average molecular weight is 315 g/mol. The number of aliphatic imine (C=N–C) groups is 1. The highest BCUT2D eigenvalue weighted by Crippen LogP contribution is 2.10. The summed E-state index contributed by atoms with van der Waals surface area (Å²) in [5, 5.41) is 6.76. The Morgan fingerprint density at radius 2 is 2.13 bits per heavy atom. The molecule has 2 rings (SSSR count). The first kappa shape index (κ1) is 17.3. The first-order valence-electron chi connectivity index (χ1n) is 8.49. The summed E-state index contributed by atoms with van der Waals surface area (Å²) in [5.74, 6) is 1.45. The Bertz CT molecular complexity index is 656. The van der Waals surface area contributed by atoms with Gasteiger partial charge in [0.15, 0.2) is 5.96 Å². The van der Waals surface area contributed by atoms with E-state index in [-0.39, 0.29) is 0 Å². The molecular weight excluding hydrogens is 286 g/mol. The van der Waals surface area contributed by atoms with Crippen molar-refractivity contribution in [3.8, 4) is 0 Å². The van der Waals surface area contributed by atoms with Gasteiger partial charge in [-0.2, -0.15) is 0 Å². The van der Waals surface area contributed by atoms with Gasteiger partial charge >= 0.3 is 0 Å². The van der Waals surface area contributed by atoms with Crippen LogP contribution in [0.2, 0.25) is 0 Å². The molecule has 0 aliphatic carbocycles. The fraction of sp³-hybridized carbons (Fsp3) is 0.556. The maximum Gasteiger partial charge on any atom is 0.191 e. The molecule has 126 valence electrons. The van der Waals surface area contributed by atoms with E-state index in [4.69, 9.17) is 4.98 Å². The summed E-state index contributed by atoms with van der Waals surface area (Å²) in [6, 6.07) is 4.53. The van der Waals surface area contributed by atoms with Gasteiger partial charge < -0.3 is 15.0 Å². The van der Waals surface area contributed by atoms with Gasteiger partial charge in [-0.05, 0) is 38.3 Å². The van der Waals surface area contributed by atoms with Crippen LogP contribution in [0, 0.1) is 12.8 Å². The Labute approximate surface area is 139 Å². The van der Waals surface area contributed by atoms with E-state index in [2.05, 4.69) is 66.9 Å². The summed E-state index contributed by atoms with van der Waals surface area (Å²) < 4.78 is 2.08. The van der Waals surface area contributed by atoms with Crippen molar-refractivity contribution in [3.05, 3.63) is 35.8 Å². The number of fused-ring (bicyclic) bond motifs is 1. The Morgan fingerprint density at radius 3 is 2.78 bits per heavy atom. The van der Waals surface area contributed by atoms with Crippen LogP contribution < -0.4 is 10.6 Å². The Kier molecular flexibility index (Phi) is 6.02. The summed E-state index contributed by atoms with van der Waals surface area (Å²) in [6.45, 7) is 12.4. The van der Waals surface area contributed by atoms with Gasteiger partial charge in [-0.15, -0.1) is 0 Å². The van der Waals surface area contributed by atoms with Gasteiger partial charge in [-0.1, -0.05) is 19.9 Å². The van der Waals surface area contributed by atoms with Crippen molar-refractivity contribution in [1.82, 2.24) is 20.0 Å². The van der Waals surface area contributed by atoms with Crippen LogP contribution >= 0.6 is 0 Å². The molecule has 23 heavy (non-hydrogen) atoms. The summed E-state index contributed by atoms with van der Waals surface area (Å²) in [4.78, 5) is 9.37. The molecule has 2 heterocycles. The zero-order valence-electron chi connectivity index (χ0n) is 14.9. The third-order valence-electron chi connectivity index (χ3n) is 4.07. The van der Waals surface area contributed by atoms with Crippen LogP contribution in [0.25, 0.3) is 5.65 Å². The number of nitrogens with one attached hydrogen (secondary N) is 2. The van der Waals surface area contributed by atoms with Crippen LogP contribution in [-0.4, -0.2) is 34.5 Å². The van der Waals surface area contributed by atoms with Gasteiger partial charge in [0, 0.05) is 37.9 Å². The van der Waals surface area contributed by atoms with E-state index >= 15 is 0 Å². The van der Waals surface area contributed by atoms with Crippen LogP contribution in [0.5, 0.6) is 0 Å². The molecule has 2 aromatic rings. The Hall–Kier alpha value is -2.04. The Balaban J connectivity index is 2.00. The van der Waals surface area contributed by atoms with E-state index in [1.165, 1.54) is 5.56 Å². The maximum atomic E-state index is 4.70. The van der Waals surface area contributed by atoms with Crippen molar-refractivity contribution in [3.63, 3.8) is 0 Å². The molecule has 5 nitrogen and oxygen atoms in total. The number of nitrogens with zero attached hydrogens (tertiary/aromatic N) is 3. The molecule has 1 unspecified atom stereocenters. The molecule has 1 atom stereocenters. The van der Waals surface area contributed by atoms with Crippen LogP contribution in [-0.2, 0) is 6.42 Å². The molecule has 0 aliphatic rings. The predicted molar refractivity (Wildman–Crippen MR) is 97.0 cm³/mol. The van der Waals surface area contributed by atoms with Crippen molar-refractivity contribution in [1.29, 1.82) is 0 Å². The topological polar surface area (TPSA) is 53.7 Å². The van der Waals surface area contributed by atoms with Crippen molar-refractivity contribution in [2.75, 3.05) is 13.1 Å². The first-order valence-corrected chi connectivity index (χ1v) is 8.49. The Morgan fingerprint density at radius 1 is 1.35 bits per heavy atom. The van der Waals surface area contributed by atoms with Crippen molar-refractivity contribution in [2.45, 2.75) is 47.1 Å². The fourth-order valence-corrected chi connectivity index (χ4v) is 2.31. The minimum absolute atomic E-state index is 0.394. The van der Waals surface area contributed by atoms with Gasteiger partial charge in [0.1, 0.15) is 5.65 Å². The monoisotopic (exact) mass is 315 g/mol. The van der Waals surface area contributed by atoms with Crippen LogP contribution in [0.1, 0.15) is 39.0 Å². The van der Waals surface area contributed by atoms with Gasteiger partial charge in [0.2, 0.25) is 0 Å². The zero-order chi connectivity index (χ0) is 16.8. The minimum atomic E-state index is 0.394. The number of hydrogen-bond acceptors (Lipinski definition) is 2. The highest BCUT2D eigenvalue weighted by Gasteiger charge is 2.09. The number of guanidine groups is 1. The molecule has 0 saturated carbocycles. The number of rotatable bonds is 6. The maximum absolute atomic E-state index is 4.70. The summed E-state index contributed by atoms with van der Waals surface area (Å²) in [6.07, 6.45) is 4.97. The second kappa shape index (κ2) is 7.99. The van der Waals surface area contributed by atoms with Crippen LogP contribution in [0.15, 0.2) is 29.5 Å². The van der Waals surface area contributed by atoms with E-state index in [9.17, 15) is 0 Å². The number of aryl methyl sites for hydroxylation is 1. The van der Waals surface area contributed by atoms with E-state index in [1.54, 1.807) is 0 Å². The highest BCUT2D eigenvalue weighted by atomic mass is 15.2. The molecule has 0 amide bonds. The van der Waals surface area contributed by atoms with E-state index in [0.29, 0.717) is 12.0 Å². The molecule has 2 aromatic heterocycles. The molecular formula is C18H29N5. The second-order valence-corrected chi connectivity index (χ2v) is 6.34. The van der Waals surface area contributed by atoms with Gasteiger partial charge in [0.25, 0.3) is 0 Å². The zero-order valence-corrected chi connectivity index (χ0v) is 14.9. The minimum Gasteiger partial charge on any atom is -0.357 e. The van der Waals surface area contributed by atoms with Gasteiger partial charge in [-0.25, -0.2) is 4.98 Å². The molecule has 0 spiro atoms. The smallest absolute Gasteiger partial charge is 0.191 e. The second-order valence-electron chi connectivity index (χ2n) is 6.34. The van der Waals surface area contributed by atoms with E-state index < -0.39 is 0 Å². The number of hydrogen-bond donors (Lipinski definition) is 2. The lowest BCUT2D eigenvalue weighted by Gasteiger charge is -2.20. The summed E-state index contributed by atoms with van der Waals surface area (Å²) in [7, 11) is 0. The van der Waals surface area contributed by atoms with Crippen LogP contribution in [0.4, 0.5) is 0 Å². The molecule has 0 aromatic carbocycles. The normalized spacial score (nSPS) is 13.6. The molecule has 2 N–H and O–H groups in total. The van der Waals surface area contributed by atoms with Crippen molar-refractivity contribution >= 4 is 11.6 Å². The van der Waals surface area contributed by atoms with Crippen molar-refractivity contribution < 1.29 is 0 Å². The average Bonchev–Trinajstić information content (AvgIpc) is 2.91. The van der Waals surface area contributed by atoms with E-state index in [1.807, 2.05) is 12.3 Å². The van der Waals surface area contributed by atoms with Crippen LogP contribution in [0.3, 0.4) is 0 Å². The molecule has 0 saturated heterocycles. The molecule has 0 aliphatic heterocycles. The lowest BCUT2D eigenvalue weighted by molar-refractivity contribution is 0.481. The predicted octanol–water partition coefficient (Wildman–Crippen LogP) is 2.78. The summed E-state index contributed by atoms with van der Waals surface area (Å²) >= 11 is 0. The van der Waals surface area contributed by atoms with Gasteiger partial charge in [0.05, 0.1) is 5.69 Å². The highest BCUT2D eigenvalue weighted by molar-refractivity contribution is 5.80. The third-order valence-corrected chi connectivity index (χ3v) is 4.07. The largest absolute Gasteiger partial charge is 0.357 e. The lowest BCUT2D eigenvalue weighted by atomic mass is 10.1. The quantitative estimate of drug-likeness (QED) is 0.636.